The van der Waals surface area contributed by atoms with E-state index in [4.69, 9.17) is 10.6 Å². The number of amides is 2. The molecule has 0 aliphatic carbocycles. The molecule has 2 atom stereocenters. The highest BCUT2D eigenvalue weighted by Crippen LogP contribution is 2.40. The van der Waals surface area contributed by atoms with Gasteiger partial charge in [-0.1, -0.05) is 10.3 Å². The number of imidazole rings is 1. The van der Waals surface area contributed by atoms with Crippen LogP contribution >= 0.6 is 23.3 Å². The van der Waals surface area contributed by atoms with Crippen molar-refractivity contribution < 1.29 is 28.9 Å². The number of hydrogen-bond acceptors (Lipinski definition) is 12. The van der Waals surface area contributed by atoms with Crippen LogP contribution in [0.2, 0.25) is 0 Å². The van der Waals surface area contributed by atoms with Gasteiger partial charge in [-0.05, 0) is 13.0 Å². The normalized spacial score (nSPS) is 19.8. The average molecular weight is 530 g/mol. The lowest BCUT2D eigenvalue weighted by Gasteiger charge is -2.50. The minimum Gasteiger partial charge on any atom is -0.543 e. The maximum absolute atomic E-state index is 13.0. The zero-order chi connectivity index (χ0) is 25.6. The standard InChI is InChI=1S/C20H19N9O5S2/c1-9-3-4-22-28-6-5-27(16(9)28)7-10-8-35-18-12(17(31)29(18)13(10)19(32)33)23-15(30)11(25-34-2)14-24-20(21)36-26-14/h3-6,12,18H,7-8H2,1-2H3,(H3-,21,23,24,26,30,32,33)/b25-11-/t12-,18-/m1/s1. The summed E-state index contributed by atoms with van der Waals surface area (Å²) in [5, 5.41) is 22.1. The first-order valence-corrected chi connectivity index (χ1v) is 12.3. The maximum atomic E-state index is 13.0. The highest BCUT2D eigenvalue weighted by atomic mass is 32.2. The Morgan fingerprint density at radius 3 is 2.94 bits per heavy atom. The quantitative estimate of drug-likeness (QED) is 0.148. The number of hydrogen-bond donors (Lipinski definition) is 2. The molecule has 5 heterocycles. The third-order valence-corrected chi connectivity index (χ3v) is 7.57. The van der Waals surface area contributed by atoms with Crippen molar-refractivity contribution in [3.63, 3.8) is 0 Å². The zero-order valence-electron chi connectivity index (χ0n) is 18.9. The van der Waals surface area contributed by atoms with E-state index < -0.39 is 29.2 Å². The van der Waals surface area contributed by atoms with E-state index in [2.05, 4.69) is 24.9 Å². The number of carboxylic acid groups (broad SMARTS) is 1. The van der Waals surface area contributed by atoms with Gasteiger partial charge < -0.3 is 25.8 Å². The molecule has 2 aliphatic rings. The van der Waals surface area contributed by atoms with Crippen LogP contribution in [0, 0.1) is 6.92 Å². The Labute approximate surface area is 211 Å². The summed E-state index contributed by atoms with van der Waals surface area (Å²) in [7, 11) is 1.25. The van der Waals surface area contributed by atoms with E-state index in [9.17, 15) is 19.5 Å². The number of oxime groups is 1. The fraction of sp³-hybridized carbons (Fsp3) is 0.300. The number of carbonyl (C=O) groups is 3. The zero-order valence-corrected chi connectivity index (χ0v) is 20.6. The summed E-state index contributed by atoms with van der Waals surface area (Å²) in [6.45, 7) is 2.16. The minimum atomic E-state index is -1.46. The van der Waals surface area contributed by atoms with Gasteiger partial charge in [0.1, 0.15) is 31.3 Å². The minimum absolute atomic E-state index is 0.0454. The van der Waals surface area contributed by atoms with Gasteiger partial charge >= 0.3 is 5.65 Å². The fourth-order valence-corrected chi connectivity index (χ4v) is 5.92. The van der Waals surface area contributed by atoms with E-state index in [0.29, 0.717) is 11.3 Å². The predicted molar refractivity (Wildman–Crippen MR) is 125 cm³/mol. The molecule has 3 aromatic heterocycles. The molecule has 1 saturated heterocycles. The molecule has 16 heteroatoms. The molecule has 1 fully saturated rings. The SMILES string of the molecule is CO/N=C(\C(=O)N[C@@H]1C(=O)N2C(C(=O)[O-])=C(C[n+]3ccn4nccc(C)c43)CS[C@H]12)c1nsc(N)n1. The highest BCUT2D eigenvalue weighted by molar-refractivity contribution is 8.00. The Morgan fingerprint density at radius 2 is 2.25 bits per heavy atom. The van der Waals surface area contributed by atoms with Crippen molar-refractivity contribution in [1.82, 2.24) is 29.2 Å². The van der Waals surface area contributed by atoms with Gasteiger partial charge in [0.25, 0.3) is 11.8 Å². The number of aryl methyl sites for hydroxylation is 1. The van der Waals surface area contributed by atoms with Gasteiger partial charge in [0.05, 0.1) is 17.9 Å². The second-order valence-electron chi connectivity index (χ2n) is 7.89. The summed E-state index contributed by atoms with van der Waals surface area (Å²) in [5.74, 6) is -2.52. The van der Waals surface area contributed by atoms with Gasteiger partial charge in [-0.3, -0.25) is 14.5 Å². The molecule has 36 heavy (non-hydrogen) atoms. The Kier molecular flexibility index (Phi) is 6.05. The average Bonchev–Trinajstić information content (AvgIpc) is 3.47. The van der Waals surface area contributed by atoms with Crippen molar-refractivity contribution in [2.24, 2.45) is 5.16 Å². The number of aliphatic carboxylic acids is 1. The van der Waals surface area contributed by atoms with Crippen molar-refractivity contribution in [2.45, 2.75) is 24.9 Å². The van der Waals surface area contributed by atoms with Crippen LogP contribution in [0.1, 0.15) is 11.4 Å². The molecule has 3 N–H and O–H groups in total. The van der Waals surface area contributed by atoms with Gasteiger partial charge in [-0.15, -0.1) is 16.3 Å². The number of carbonyl (C=O) groups excluding carboxylic acids is 3. The molecule has 0 aromatic carbocycles. The second kappa shape index (κ2) is 9.19. The number of rotatable bonds is 7. The number of nitrogens with two attached hydrogens (primary N) is 1. The number of nitrogens with zero attached hydrogens (tertiary/aromatic N) is 7. The van der Waals surface area contributed by atoms with Gasteiger partial charge in [0.15, 0.2) is 11.3 Å². The fourth-order valence-electron chi connectivity index (χ4n) is 4.15. The summed E-state index contributed by atoms with van der Waals surface area (Å²) >= 11 is 2.21. The van der Waals surface area contributed by atoms with Crippen LogP contribution in [0.5, 0.6) is 0 Å². The molecule has 0 spiro atoms. The number of nitrogens with one attached hydrogen (secondary N) is 1. The van der Waals surface area contributed by atoms with Crippen LogP contribution in [0.3, 0.4) is 0 Å². The van der Waals surface area contributed by atoms with Crippen molar-refractivity contribution >= 4 is 57.6 Å². The summed E-state index contributed by atoms with van der Waals surface area (Å²) in [5.41, 5.74) is 7.41. The number of anilines is 1. The van der Waals surface area contributed by atoms with Crippen LogP contribution in [0.15, 0.2) is 41.1 Å². The molecular weight excluding hydrogens is 510 g/mol. The number of fused-ring (bicyclic) bond motifs is 2. The second-order valence-corrected chi connectivity index (χ2v) is 9.78. The van der Waals surface area contributed by atoms with Crippen LogP contribution < -0.4 is 20.7 Å². The first kappa shape index (κ1) is 23.7. The molecule has 14 nitrogen and oxygen atoms in total. The van der Waals surface area contributed by atoms with Gasteiger partial charge in [0, 0.05) is 28.4 Å². The van der Waals surface area contributed by atoms with E-state index in [0.717, 1.165) is 27.6 Å². The van der Waals surface area contributed by atoms with Crippen molar-refractivity contribution in [3.05, 3.63) is 47.3 Å². The van der Waals surface area contributed by atoms with Gasteiger partial charge in [-0.25, -0.2) is 4.57 Å². The predicted octanol–water partition coefficient (Wildman–Crippen LogP) is -2.18. The van der Waals surface area contributed by atoms with Crippen molar-refractivity contribution in [1.29, 1.82) is 0 Å². The molecule has 0 radical (unpaired) electrons. The molecule has 0 saturated carbocycles. The molecule has 186 valence electrons. The van der Waals surface area contributed by atoms with Crippen molar-refractivity contribution in [3.8, 4) is 0 Å². The number of carboxylic acids is 1. The first-order chi connectivity index (χ1) is 17.3. The van der Waals surface area contributed by atoms with E-state index >= 15 is 0 Å². The molecule has 2 amide bonds. The summed E-state index contributed by atoms with van der Waals surface area (Å²) in [6, 6.07) is 0.875. The van der Waals surface area contributed by atoms with Crippen LogP contribution in [-0.2, 0) is 25.8 Å². The maximum Gasteiger partial charge on any atom is 0.310 e. The van der Waals surface area contributed by atoms with Gasteiger partial charge in [-0.2, -0.15) is 9.36 Å². The lowest BCUT2D eigenvalue weighted by Crippen LogP contribution is -2.71. The molecule has 3 aromatic rings. The molecular formula is C20H19N9O5S2. The third kappa shape index (κ3) is 3.93. The summed E-state index contributed by atoms with van der Waals surface area (Å²) < 4.78 is 7.51. The van der Waals surface area contributed by atoms with E-state index in [1.165, 1.54) is 18.9 Å². The van der Waals surface area contributed by atoms with Crippen LogP contribution in [0.25, 0.3) is 5.65 Å². The van der Waals surface area contributed by atoms with E-state index in [-0.39, 0.29) is 28.9 Å². The number of aromatic nitrogens is 5. The van der Waals surface area contributed by atoms with E-state index in [1.54, 1.807) is 23.1 Å². The molecule has 0 unspecified atom stereocenters. The first-order valence-electron chi connectivity index (χ1n) is 10.5. The molecule has 2 aliphatic heterocycles. The lowest BCUT2D eigenvalue weighted by molar-refractivity contribution is -0.663. The van der Waals surface area contributed by atoms with Crippen molar-refractivity contribution in [2.75, 3.05) is 18.6 Å². The highest BCUT2D eigenvalue weighted by Gasteiger charge is 2.53. The Morgan fingerprint density at radius 1 is 1.44 bits per heavy atom. The Hall–Kier alpha value is -4.05. The topological polar surface area (TPSA) is 184 Å². The van der Waals surface area contributed by atoms with Crippen LogP contribution in [-0.4, -0.2) is 71.6 Å². The number of nitrogen functional groups attached to an aromatic ring is 1. The monoisotopic (exact) mass is 529 g/mol. The number of thioether (sulfide) groups is 1. The Bertz CT molecular complexity index is 1460. The molecule has 0 bridgehead atoms. The van der Waals surface area contributed by atoms with Crippen LogP contribution in [0.4, 0.5) is 5.13 Å². The third-order valence-electron chi connectivity index (χ3n) is 5.68. The largest absolute Gasteiger partial charge is 0.543 e. The smallest absolute Gasteiger partial charge is 0.310 e. The number of β-lactam (4-membered cyclic amide) rings is 1. The molecule has 5 rings (SSSR count). The summed E-state index contributed by atoms with van der Waals surface area (Å²) in [6.07, 6.45) is 5.24. The summed E-state index contributed by atoms with van der Waals surface area (Å²) in [4.78, 5) is 47.8. The van der Waals surface area contributed by atoms with Gasteiger partial charge in [0.2, 0.25) is 11.5 Å². The van der Waals surface area contributed by atoms with E-state index in [1.807, 2.05) is 17.6 Å². The Balaban J connectivity index is 1.38. The lowest BCUT2D eigenvalue weighted by atomic mass is 10.0.